The highest BCUT2D eigenvalue weighted by Crippen LogP contribution is 2.36. The second-order valence-electron chi connectivity index (χ2n) is 8.67. The molecule has 1 aliphatic carbocycles. The van der Waals surface area contributed by atoms with Crippen molar-refractivity contribution in [3.8, 4) is 11.4 Å². The van der Waals surface area contributed by atoms with Crippen molar-refractivity contribution in [3.63, 3.8) is 0 Å². The predicted molar refractivity (Wildman–Crippen MR) is 118 cm³/mol. The average Bonchev–Trinajstić information content (AvgIpc) is 3.17. The zero-order chi connectivity index (χ0) is 21.1. The number of carbonyl (C=O) groups is 1. The van der Waals surface area contributed by atoms with Crippen LogP contribution < -0.4 is 0 Å². The van der Waals surface area contributed by atoms with Gasteiger partial charge in [-0.3, -0.25) is 9.36 Å². The minimum absolute atomic E-state index is 0.158. The molecule has 4 rings (SSSR count). The first-order valence-corrected chi connectivity index (χ1v) is 12.2. The Morgan fingerprint density at radius 3 is 2.43 bits per heavy atom. The number of piperidine rings is 1. The second-order valence-corrected chi connectivity index (χ2v) is 9.61. The van der Waals surface area contributed by atoms with Gasteiger partial charge in [0.05, 0.1) is 11.3 Å². The first-order chi connectivity index (χ1) is 14.6. The minimum atomic E-state index is -0.287. The Morgan fingerprint density at radius 1 is 1.03 bits per heavy atom. The molecule has 2 aromatic rings. The lowest BCUT2D eigenvalue weighted by atomic mass is 9.95. The quantitative estimate of drug-likeness (QED) is 0.590. The molecule has 5 nitrogen and oxygen atoms in total. The lowest BCUT2D eigenvalue weighted by molar-refractivity contribution is -0.134. The van der Waals surface area contributed by atoms with E-state index in [2.05, 4.69) is 28.6 Å². The summed E-state index contributed by atoms with van der Waals surface area (Å²) in [5, 5.41) is 9.50. The largest absolute Gasteiger partial charge is 0.337 e. The van der Waals surface area contributed by atoms with Gasteiger partial charge in [0, 0.05) is 18.1 Å². The standard InChI is InChI=1S/C23H31FN4OS/c1-16-9-8-10-17(2)27(16)21(29)15-30-23-26-25-22(19-13-6-7-14-20(19)24)28(23)18-11-4-3-5-12-18/h6-7,13-14,16-18H,3-5,8-12,15H2,1-2H3/t16-,17-/m1/s1. The summed E-state index contributed by atoms with van der Waals surface area (Å²) in [5.74, 6) is 0.794. The van der Waals surface area contributed by atoms with Crippen molar-refractivity contribution >= 4 is 17.7 Å². The SMILES string of the molecule is C[C@@H]1CCC[C@@H](C)N1C(=O)CSc1nnc(-c2ccccc2F)n1C1CCCCC1. The van der Waals surface area contributed by atoms with Crippen LogP contribution in [0.4, 0.5) is 4.39 Å². The minimum Gasteiger partial charge on any atom is -0.337 e. The second kappa shape index (κ2) is 9.50. The molecule has 1 amide bonds. The first kappa shape index (κ1) is 21.3. The van der Waals surface area contributed by atoms with E-state index in [0.717, 1.165) is 43.7 Å². The van der Waals surface area contributed by atoms with Crippen LogP contribution in [0.3, 0.4) is 0 Å². The molecule has 0 unspecified atom stereocenters. The van der Waals surface area contributed by atoms with Gasteiger partial charge in [0.15, 0.2) is 11.0 Å². The fourth-order valence-corrected chi connectivity index (χ4v) is 5.86. The Balaban J connectivity index is 1.58. The van der Waals surface area contributed by atoms with Crippen molar-refractivity contribution in [1.82, 2.24) is 19.7 Å². The van der Waals surface area contributed by atoms with Crippen molar-refractivity contribution in [1.29, 1.82) is 0 Å². The maximum absolute atomic E-state index is 14.5. The summed E-state index contributed by atoms with van der Waals surface area (Å²) in [6.07, 6.45) is 8.95. The van der Waals surface area contributed by atoms with Crippen molar-refractivity contribution in [2.45, 2.75) is 88.5 Å². The van der Waals surface area contributed by atoms with Crippen LogP contribution in [0, 0.1) is 5.82 Å². The normalized spacial score (nSPS) is 23.0. The Labute approximate surface area is 182 Å². The molecule has 7 heteroatoms. The fourth-order valence-electron chi connectivity index (χ4n) is 4.98. The molecule has 0 spiro atoms. The third kappa shape index (κ3) is 4.41. The number of carbonyl (C=O) groups excluding carboxylic acids is 1. The molecular weight excluding hydrogens is 399 g/mol. The third-order valence-corrected chi connectivity index (χ3v) is 7.45. The molecule has 1 aromatic carbocycles. The van der Waals surface area contributed by atoms with Gasteiger partial charge in [-0.2, -0.15) is 0 Å². The van der Waals surface area contributed by atoms with Gasteiger partial charge in [-0.05, 0) is 58.1 Å². The Bertz CT molecular complexity index is 870. The summed E-state index contributed by atoms with van der Waals surface area (Å²) in [7, 11) is 0. The molecular formula is C23H31FN4OS. The number of thioether (sulfide) groups is 1. The van der Waals surface area contributed by atoms with E-state index in [9.17, 15) is 9.18 Å². The monoisotopic (exact) mass is 430 g/mol. The molecule has 0 N–H and O–H groups in total. The van der Waals surface area contributed by atoms with Crippen LogP contribution in [0.5, 0.6) is 0 Å². The number of amides is 1. The van der Waals surface area contributed by atoms with Crippen molar-refractivity contribution < 1.29 is 9.18 Å². The smallest absolute Gasteiger partial charge is 0.233 e. The lowest BCUT2D eigenvalue weighted by Gasteiger charge is -2.39. The highest BCUT2D eigenvalue weighted by atomic mass is 32.2. The highest BCUT2D eigenvalue weighted by Gasteiger charge is 2.30. The van der Waals surface area contributed by atoms with Gasteiger partial charge < -0.3 is 4.90 Å². The van der Waals surface area contributed by atoms with Crippen LogP contribution in [-0.2, 0) is 4.79 Å². The Hall–Kier alpha value is -1.89. The van der Waals surface area contributed by atoms with Crippen LogP contribution in [0.15, 0.2) is 29.4 Å². The summed E-state index contributed by atoms with van der Waals surface area (Å²) < 4.78 is 16.6. The third-order valence-electron chi connectivity index (χ3n) is 6.53. The van der Waals surface area contributed by atoms with E-state index in [0.29, 0.717) is 17.1 Å². The Kier molecular flexibility index (Phi) is 6.76. The summed E-state index contributed by atoms with van der Waals surface area (Å²) >= 11 is 1.44. The van der Waals surface area contributed by atoms with E-state index in [1.807, 2.05) is 11.0 Å². The van der Waals surface area contributed by atoms with Gasteiger partial charge in [-0.1, -0.05) is 43.2 Å². The number of benzene rings is 1. The van der Waals surface area contributed by atoms with Crippen LogP contribution in [0.2, 0.25) is 0 Å². The van der Waals surface area contributed by atoms with E-state index in [1.54, 1.807) is 12.1 Å². The maximum atomic E-state index is 14.5. The molecule has 1 aromatic heterocycles. The predicted octanol–water partition coefficient (Wildman–Crippen LogP) is 5.47. The number of hydrogen-bond acceptors (Lipinski definition) is 4. The fraction of sp³-hybridized carbons (Fsp3) is 0.609. The summed E-state index contributed by atoms with van der Waals surface area (Å²) in [5.41, 5.74) is 0.479. The number of aromatic nitrogens is 3. The molecule has 2 aliphatic rings. The van der Waals surface area contributed by atoms with Crippen LogP contribution >= 0.6 is 11.8 Å². The van der Waals surface area contributed by atoms with Gasteiger partial charge in [-0.25, -0.2) is 4.39 Å². The van der Waals surface area contributed by atoms with Gasteiger partial charge in [0.25, 0.3) is 0 Å². The van der Waals surface area contributed by atoms with Gasteiger partial charge in [0.1, 0.15) is 5.82 Å². The van der Waals surface area contributed by atoms with Gasteiger partial charge in [0.2, 0.25) is 5.91 Å². The van der Waals surface area contributed by atoms with Crippen molar-refractivity contribution in [3.05, 3.63) is 30.1 Å². The molecule has 30 heavy (non-hydrogen) atoms. The van der Waals surface area contributed by atoms with E-state index in [4.69, 9.17) is 0 Å². The zero-order valence-corrected chi connectivity index (χ0v) is 18.7. The lowest BCUT2D eigenvalue weighted by Crippen LogP contribution is -2.48. The topological polar surface area (TPSA) is 51.0 Å². The van der Waals surface area contributed by atoms with E-state index in [-0.39, 0.29) is 29.8 Å². The molecule has 1 aliphatic heterocycles. The van der Waals surface area contributed by atoms with Crippen LogP contribution in [0.25, 0.3) is 11.4 Å². The molecule has 0 bridgehead atoms. The van der Waals surface area contributed by atoms with E-state index < -0.39 is 0 Å². The average molecular weight is 431 g/mol. The van der Waals surface area contributed by atoms with E-state index in [1.165, 1.54) is 30.7 Å². The van der Waals surface area contributed by atoms with Gasteiger partial charge in [-0.15, -0.1) is 10.2 Å². The molecule has 2 atom stereocenters. The first-order valence-electron chi connectivity index (χ1n) is 11.2. The number of nitrogens with zero attached hydrogens (tertiary/aromatic N) is 4. The molecule has 0 radical (unpaired) electrons. The van der Waals surface area contributed by atoms with Crippen molar-refractivity contribution in [2.75, 3.05) is 5.75 Å². The van der Waals surface area contributed by atoms with Gasteiger partial charge >= 0.3 is 0 Å². The summed E-state index contributed by atoms with van der Waals surface area (Å²) in [6, 6.07) is 7.57. The number of halogens is 1. The number of hydrogen-bond donors (Lipinski definition) is 0. The van der Waals surface area contributed by atoms with Crippen LogP contribution in [-0.4, -0.2) is 43.4 Å². The Morgan fingerprint density at radius 2 is 1.73 bits per heavy atom. The molecule has 1 saturated heterocycles. The molecule has 2 fully saturated rings. The maximum Gasteiger partial charge on any atom is 0.233 e. The molecule has 162 valence electrons. The highest BCUT2D eigenvalue weighted by molar-refractivity contribution is 7.99. The number of likely N-dealkylation sites (tertiary alicyclic amines) is 1. The summed E-state index contributed by atoms with van der Waals surface area (Å²) in [6.45, 7) is 4.28. The van der Waals surface area contributed by atoms with Crippen LogP contribution in [0.1, 0.15) is 71.3 Å². The zero-order valence-electron chi connectivity index (χ0n) is 17.9. The molecule has 2 heterocycles. The number of rotatable bonds is 5. The van der Waals surface area contributed by atoms with Crippen molar-refractivity contribution in [2.24, 2.45) is 0 Å². The summed E-state index contributed by atoms with van der Waals surface area (Å²) in [4.78, 5) is 15.0. The molecule has 1 saturated carbocycles. The van der Waals surface area contributed by atoms with E-state index >= 15 is 0 Å².